The molecule has 1 aromatic carbocycles. The molecule has 0 aliphatic carbocycles. The largest absolute Gasteiger partial charge is 0.375 e. The van der Waals surface area contributed by atoms with Crippen LogP contribution in [0.4, 0.5) is 5.13 Å². The van der Waals surface area contributed by atoms with Crippen LogP contribution >= 0.6 is 34.5 Å². The third-order valence-corrected chi connectivity index (χ3v) is 3.85. The van der Waals surface area contributed by atoms with Crippen LogP contribution in [0.5, 0.6) is 0 Å². The van der Waals surface area contributed by atoms with E-state index in [2.05, 4.69) is 4.98 Å². The molecule has 0 fully saturated rings. The molecule has 0 unspecified atom stereocenters. The molecular weight excluding hydrogens is 263 g/mol. The third-order valence-electron chi connectivity index (χ3n) is 2.28. The van der Waals surface area contributed by atoms with E-state index in [4.69, 9.17) is 28.9 Å². The quantitative estimate of drug-likeness (QED) is 0.900. The van der Waals surface area contributed by atoms with E-state index < -0.39 is 0 Å². The fourth-order valence-corrected chi connectivity index (χ4v) is 2.78. The van der Waals surface area contributed by atoms with Crippen molar-refractivity contribution in [3.8, 4) is 0 Å². The third kappa shape index (κ3) is 2.48. The Labute approximate surface area is 108 Å². The molecule has 0 radical (unpaired) electrons. The van der Waals surface area contributed by atoms with Gasteiger partial charge in [-0.25, -0.2) is 4.98 Å². The number of nitrogen functional groups attached to an aromatic ring is 1. The Morgan fingerprint density at radius 2 is 2.12 bits per heavy atom. The summed E-state index contributed by atoms with van der Waals surface area (Å²) in [5.74, 6) is 0. The predicted molar refractivity (Wildman–Crippen MR) is 70.5 cm³/mol. The van der Waals surface area contributed by atoms with Crippen LogP contribution in [0.3, 0.4) is 0 Å². The lowest BCUT2D eigenvalue weighted by Gasteiger charge is -2.03. The maximum atomic E-state index is 6.11. The Morgan fingerprint density at radius 3 is 2.69 bits per heavy atom. The minimum Gasteiger partial charge on any atom is -0.375 e. The van der Waals surface area contributed by atoms with Crippen molar-refractivity contribution in [3.63, 3.8) is 0 Å². The molecule has 84 valence electrons. The zero-order valence-electron chi connectivity index (χ0n) is 8.63. The fourth-order valence-electron chi connectivity index (χ4n) is 1.45. The molecule has 0 amide bonds. The van der Waals surface area contributed by atoms with E-state index in [9.17, 15) is 0 Å². The first-order valence-corrected chi connectivity index (χ1v) is 6.29. The highest BCUT2D eigenvalue weighted by Gasteiger charge is 2.08. The number of nitrogens with zero attached hydrogens (tertiary/aromatic N) is 1. The number of aromatic nitrogens is 1. The summed E-state index contributed by atoms with van der Waals surface area (Å²) in [6.45, 7) is 1.95. The van der Waals surface area contributed by atoms with E-state index >= 15 is 0 Å². The second kappa shape index (κ2) is 4.62. The Balaban J connectivity index is 2.30. The molecule has 0 spiro atoms. The first-order valence-electron chi connectivity index (χ1n) is 4.72. The molecule has 2 rings (SSSR count). The number of anilines is 1. The van der Waals surface area contributed by atoms with Crippen molar-refractivity contribution in [2.75, 3.05) is 5.73 Å². The van der Waals surface area contributed by atoms with Crippen LogP contribution in [-0.2, 0) is 6.42 Å². The number of hydrogen-bond acceptors (Lipinski definition) is 3. The van der Waals surface area contributed by atoms with Gasteiger partial charge in [0.25, 0.3) is 0 Å². The van der Waals surface area contributed by atoms with Crippen LogP contribution in [0.2, 0.25) is 10.0 Å². The average Bonchev–Trinajstić information content (AvgIpc) is 2.50. The number of rotatable bonds is 2. The summed E-state index contributed by atoms with van der Waals surface area (Å²) >= 11 is 13.4. The molecule has 2 aromatic rings. The molecule has 0 atom stereocenters. The highest BCUT2D eigenvalue weighted by molar-refractivity contribution is 7.15. The van der Waals surface area contributed by atoms with Crippen molar-refractivity contribution in [3.05, 3.63) is 44.4 Å². The highest BCUT2D eigenvalue weighted by atomic mass is 35.5. The Bertz CT molecular complexity index is 523. The lowest BCUT2D eigenvalue weighted by atomic mass is 10.1. The van der Waals surface area contributed by atoms with Crippen LogP contribution in [-0.4, -0.2) is 4.98 Å². The number of aryl methyl sites for hydroxylation is 1. The van der Waals surface area contributed by atoms with Gasteiger partial charge in [0.05, 0.1) is 5.69 Å². The van der Waals surface area contributed by atoms with Crippen LogP contribution in [0.25, 0.3) is 0 Å². The van der Waals surface area contributed by atoms with Gasteiger partial charge in [0.1, 0.15) is 0 Å². The van der Waals surface area contributed by atoms with Crippen molar-refractivity contribution >= 4 is 39.7 Å². The molecule has 0 aliphatic rings. The lowest BCUT2D eigenvalue weighted by Crippen LogP contribution is -1.89. The average molecular weight is 273 g/mol. The standard InChI is InChI=1S/C11H10Cl2N2S/c1-6-10(16-11(14)15-6)4-7-2-3-8(12)5-9(7)13/h2-3,5H,4H2,1H3,(H2,14,15). The topological polar surface area (TPSA) is 38.9 Å². The minimum absolute atomic E-state index is 0.595. The van der Waals surface area contributed by atoms with Gasteiger partial charge in [0, 0.05) is 21.3 Å². The van der Waals surface area contributed by atoms with E-state index in [-0.39, 0.29) is 0 Å². The van der Waals surface area contributed by atoms with Gasteiger partial charge in [-0.15, -0.1) is 11.3 Å². The van der Waals surface area contributed by atoms with E-state index in [0.29, 0.717) is 15.2 Å². The molecule has 0 aliphatic heterocycles. The van der Waals surface area contributed by atoms with Crippen molar-refractivity contribution in [1.82, 2.24) is 4.98 Å². The van der Waals surface area contributed by atoms with Crippen molar-refractivity contribution in [1.29, 1.82) is 0 Å². The normalized spacial score (nSPS) is 10.7. The van der Waals surface area contributed by atoms with Gasteiger partial charge >= 0.3 is 0 Å². The SMILES string of the molecule is Cc1nc(N)sc1Cc1ccc(Cl)cc1Cl. The summed E-state index contributed by atoms with van der Waals surface area (Å²) < 4.78 is 0. The van der Waals surface area contributed by atoms with Crippen LogP contribution < -0.4 is 5.73 Å². The summed E-state index contributed by atoms with van der Waals surface area (Å²) in [6.07, 6.45) is 0.747. The van der Waals surface area contributed by atoms with Gasteiger partial charge in [-0.2, -0.15) is 0 Å². The van der Waals surface area contributed by atoms with Crippen molar-refractivity contribution in [2.45, 2.75) is 13.3 Å². The van der Waals surface area contributed by atoms with Crippen LogP contribution in [0, 0.1) is 6.92 Å². The van der Waals surface area contributed by atoms with E-state index in [1.807, 2.05) is 19.1 Å². The van der Waals surface area contributed by atoms with Gasteiger partial charge in [0.2, 0.25) is 0 Å². The smallest absolute Gasteiger partial charge is 0.180 e. The Hall–Kier alpha value is -0.770. The first-order chi connectivity index (χ1) is 7.56. The van der Waals surface area contributed by atoms with Gasteiger partial charge in [-0.1, -0.05) is 29.3 Å². The summed E-state index contributed by atoms with van der Waals surface area (Å²) in [6, 6.07) is 5.51. The lowest BCUT2D eigenvalue weighted by molar-refractivity contribution is 1.15. The zero-order chi connectivity index (χ0) is 11.7. The molecule has 0 saturated carbocycles. The van der Waals surface area contributed by atoms with E-state index in [1.165, 1.54) is 11.3 Å². The predicted octanol–water partition coefficient (Wildman–Crippen LogP) is 3.93. The molecule has 0 saturated heterocycles. The minimum atomic E-state index is 0.595. The van der Waals surface area contributed by atoms with E-state index in [1.54, 1.807) is 6.07 Å². The summed E-state index contributed by atoms with van der Waals surface area (Å²) in [4.78, 5) is 5.32. The molecule has 2 N–H and O–H groups in total. The fraction of sp³-hybridized carbons (Fsp3) is 0.182. The molecule has 0 bridgehead atoms. The number of hydrogen-bond donors (Lipinski definition) is 1. The highest BCUT2D eigenvalue weighted by Crippen LogP contribution is 2.27. The molecule has 2 nitrogen and oxygen atoms in total. The van der Waals surface area contributed by atoms with Gasteiger partial charge in [-0.05, 0) is 24.6 Å². The number of benzene rings is 1. The Kier molecular flexibility index (Phi) is 3.38. The Morgan fingerprint density at radius 1 is 1.38 bits per heavy atom. The second-order valence-electron chi connectivity index (χ2n) is 3.47. The first kappa shape index (κ1) is 11.7. The zero-order valence-corrected chi connectivity index (χ0v) is 11.0. The number of nitrogens with two attached hydrogens (primary N) is 1. The van der Waals surface area contributed by atoms with Crippen LogP contribution in [0.15, 0.2) is 18.2 Å². The maximum absolute atomic E-state index is 6.11. The van der Waals surface area contributed by atoms with Crippen LogP contribution in [0.1, 0.15) is 16.1 Å². The second-order valence-corrected chi connectivity index (χ2v) is 5.43. The molecule has 1 heterocycles. The van der Waals surface area contributed by atoms with Gasteiger partial charge < -0.3 is 5.73 Å². The number of halogens is 2. The summed E-state index contributed by atoms with van der Waals surface area (Å²) in [5, 5.41) is 1.92. The molecule has 5 heteroatoms. The monoisotopic (exact) mass is 272 g/mol. The maximum Gasteiger partial charge on any atom is 0.180 e. The van der Waals surface area contributed by atoms with E-state index in [0.717, 1.165) is 22.6 Å². The molecule has 16 heavy (non-hydrogen) atoms. The van der Waals surface area contributed by atoms with Crippen molar-refractivity contribution in [2.24, 2.45) is 0 Å². The van der Waals surface area contributed by atoms with Gasteiger partial charge in [-0.3, -0.25) is 0 Å². The summed E-state index contributed by atoms with van der Waals surface area (Å²) in [7, 11) is 0. The number of thiazole rings is 1. The van der Waals surface area contributed by atoms with Crippen molar-refractivity contribution < 1.29 is 0 Å². The molecule has 1 aromatic heterocycles. The van der Waals surface area contributed by atoms with Gasteiger partial charge in [0.15, 0.2) is 5.13 Å². The summed E-state index contributed by atoms with van der Waals surface area (Å²) in [5.41, 5.74) is 7.65. The molecular formula is C11H10Cl2N2S.